The van der Waals surface area contributed by atoms with Crippen molar-refractivity contribution in [3.63, 3.8) is 0 Å². The minimum absolute atomic E-state index is 0.0524. The number of benzene rings is 1. The van der Waals surface area contributed by atoms with Crippen LogP contribution < -0.4 is 5.32 Å². The van der Waals surface area contributed by atoms with E-state index in [0.717, 1.165) is 9.90 Å². The summed E-state index contributed by atoms with van der Waals surface area (Å²) in [7, 11) is 0. The van der Waals surface area contributed by atoms with Crippen molar-refractivity contribution in [2.24, 2.45) is 0 Å². The van der Waals surface area contributed by atoms with Gasteiger partial charge in [-0.2, -0.15) is 0 Å². The molecular weight excluding hydrogens is 280 g/mol. The van der Waals surface area contributed by atoms with Gasteiger partial charge in [-0.25, -0.2) is 4.39 Å². The van der Waals surface area contributed by atoms with Crippen LogP contribution in [0.1, 0.15) is 18.5 Å². The number of hydrogen-bond acceptors (Lipinski definition) is 2. The second-order valence-electron chi connectivity index (χ2n) is 3.71. The highest BCUT2D eigenvalue weighted by Crippen LogP contribution is 2.28. The Morgan fingerprint density at radius 1 is 1.24 bits per heavy atom. The van der Waals surface area contributed by atoms with Crippen molar-refractivity contribution in [1.82, 2.24) is 0 Å². The third kappa shape index (κ3) is 3.35. The van der Waals surface area contributed by atoms with Gasteiger partial charge in [0.2, 0.25) is 0 Å². The maximum absolute atomic E-state index is 13.1. The third-order valence-electron chi connectivity index (χ3n) is 2.33. The molecule has 0 aliphatic rings. The molecule has 0 spiro atoms. The molecule has 0 saturated heterocycles. The van der Waals surface area contributed by atoms with Crippen LogP contribution in [0.15, 0.2) is 29.6 Å². The van der Waals surface area contributed by atoms with Gasteiger partial charge in [-0.1, -0.05) is 23.2 Å². The Hall–Kier alpha value is -0.770. The predicted molar refractivity (Wildman–Crippen MR) is 72.8 cm³/mol. The van der Waals surface area contributed by atoms with Crippen molar-refractivity contribution < 1.29 is 4.39 Å². The highest BCUT2D eigenvalue weighted by atomic mass is 35.5. The average molecular weight is 290 g/mol. The molecule has 1 aromatic carbocycles. The highest BCUT2D eigenvalue weighted by molar-refractivity contribution is 7.14. The van der Waals surface area contributed by atoms with Crippen LogP contribution in [-0.4, -0.2) is 0 Å². The fourth-order valence-corrected chi connectivity index (χ4v) is 2.73. The molecule has 0 aliphatic heterocycles. The van der Waals surface area contributed by atoms with Gasteiger partial charge in [0.1, 0.15) is 5.82 Å². The van der Waals surface area contributed by atoms with Gasteiger partial charge in [-0.3, -0.25) is 0 Å². The molecule has 0 radical (unpaired) electrons. The van der Waals surface area contributed by atoms with E-state index in [-0.39, 0.29) is 11.9 Å². The Morgan fingerprint density at radius 3 is 2.59 bits per heavy atom. The molecule has 1 aromatic heterocycles. The van der Waals surface area contributed by atoms with Gasteiger partial charge in [0.05, 0.1) is 4.34 Å². The van der Waals surface area contributed by atoms with E-state index in [1.54, 1.807) is 6.07 Å². The van der Waals surface area contributed by atoms with Crippen molar-refractivity contribution in [1.29, 1.82) is 0 Å². The molecule has 2 rings (SSSR count). The van der Waals surface area contributed by atoms with E-state index in [1.807, 2.05) is 18.4 Å². The van der Waals surface area contributed by atoms with Gasteiger partial charge in [0.15, 0.2) is 0 Å². The minimum Gasteiger partial charge on any atom is -0.378 e. The fraction of sp³-hybridized carbons (Fsp3) is 0.167. The first-order valence-corrected chi connectivity index (χ1v) is 6.65. The molecule has 1 nitrogen and oxygen atoms in total. The molecule has 2 aromatic rings. The first-order chi connectivity index (χ1) is 8.04. The summed E-state index contributed by atoms with van der Waals surface area (Å²) < 4.78 is 13.9. The van der Waals surface area contributed by atoms with Crippen LogP contribution in [-0.2, 0) is 0 Å². The molecule has 0 aliphatic carbocycles. The van der Waals surface area contributed by atoms with Crippen LogP contribution in [0.2, 0.25) is 9.36 Å². The molecule has 0 bridgehead atoms. The van der Waals surface area contributed by atoms with Crippen molar-refractivity contribution in [3.05, 3.63) is 50.4 Å². The van der Waals surface area contributed by atoms with Gasteiger partial charge in [0.25, 0.3) is 0 Å². The molecule has 1 heterocycles. The number of anilines is 1. The van der Waals surface area contributed by atoms with Crippen molar-refractivity contribution >= 4 is 40.2 Å². The van der Waals surface area contributed by atoms with Crippen LogP contribution in [0.4, 0.5) is 10.1 Å². The van der Waals surface area contributed by atoms with Crippen LogP contribution in [0.5, 0.6) is 0 Å². The SMILES string of the molecule is CC(Nc1cc(F)cc(Cl)c1)c1csc(Cl)c1. The van der Waals surface area contributed by atoms with Gasteiger partial charge in [-0.05, 0) is 42.1 Å². The first-order valence-electron chi connectivity index (χ1n) is 5.01. The molecule has 1 unspecified atom stereocenters. The maximum atomic E-state index is 13.1. The molecule has 0 saturated carbocycles. The van der Waals surface area contributed by atoms with E-state index >= 15 is 0 Å². The quantitative estimate of drug-likeness (QED) is 0.801. The lowest BCUT2D eigenvalue weighted by molar-refractivity contribution is 0.628. The predicted octanol–water partition coefficient (Wildman–Crippen LogP) is 5.37. The molecular formula is C12H10Cl2FNS. The number of rotatable bonds is 3. The standard InChI is InChI=1S/C12H10Cl2FNS/c1-7(8-2-12(14)17-6-8)16-11-4-9(13)3-10(15)5-11/h2-7,16H,1H3. The summed E-state index contributed by atoms with van der Waals surface area (Å²) in [6.45, 7) is 1.98. The third-order valence-corrected chi connectivity index (χ3v) is 3.66. The molecule has 0 fully saturated rings. The summed E-state index contributed by atoms with van der Waals surface area (Å²) in [5.41, 5.74) is 1.73. The largest absolute Gasteiger partial charge is 0.378 e. The fourth-order valence-electron chi connectivity index (χ4n) is 1.52. The monoisotopic (exact) mass is 289 g/mol. The number of thiophene rings is 1. The molecule has 1 atom stereocenters. The van der Waals surface area contributed by atoms with Crippen LogP contribution in [0, 0.1) is 5.82 Å². The van der Waals surface area contributed by atoms with Crippen LogP contribution in [0.3, 0.4) is 0 Å². The lowest BCUT2D eigenvalue weighted by atomic mass is 10.1. The Bertz CT molecular complexity index is 507. The van der Waals surface area contributed by atoms with E-state index in [4.69, 9.17) is 23.2 Å². The lowest BCUT2D eigenvalue weighted by Crippen LogP contribution is -2.05. The second-order valence-corrected chi connectivity index (χ2v) is 5.69. The van der Waals surface area contributed by atoms with Gasteiger partial charge < -0.3 is 5.32 Å². The van der Waals surface area contributed by atoms with Crippen molar-refractivity contribution in [2.45, 2.75) is 13.0 Å². The van der Waals surface area contributed by atoms with Crippen LogP contribution in [0.25, 0.3) is 0 Å². The number of halogens is 3. The normalized spacial score (nSPS) is 12.5. The van der Waals surface area contributed by atoms with Crippen LogP contribution >= 0.6 is 34.5 Å². The second kappa shape index (κ2) is 5.25. The smallest absolute Gasteiger partial charge is 0.126 e. The zero-order valence-electron chi connectivity index (χ0n) is 9.01. The van der Waals surface area contributed by atoms with Crippen molar-refractivity contribution in [3.8, 4) is 0 Å². The molecule has 5 heteroatoms. The molecule has 90 valence electrons. The van der Waals surface area contributed by atoms with E-state index in [1.165, 1.54) is 23.5 Å². The highest BCUT2D eigenvalue weighted by Gasteiger charge is 2.08. The van der Waals surface area contributed by atoms with E-state index < -0.39 is 0 Å². The summed E-state index contributed by atoms with van der Waals surface area (Å²) in [4.78, 5) is 0. The molecule has 17 heavy (non-hydrogen) atoms. The van der Waals surface area contributed by atoms with Gasteiger partial charge in [-0.15, -0.1) is 11.3 Å². The van der Waals surface area contributed by atoms with E-state index in [2.05, 4.69) is 5.32 Å². The summed E-state index contributed by atoms with van der Waals surface area (Å²) in [6, 6.07) is 6.33. The Kier molecular flexibility index (Phi) is 3.92. The molecule has 1 N–H and O–H groups in total. The van der Waals surface area contributed by atoms with Gasteiger partial charge in [0, 0.05) is 16.8 Å². The van der Waals surface area contributed by atoms with E-state index in [0.29, 0.717) is 10.7 Å². The maximum Gasteiger partial charge on any atom is 0.126 e. The summed E-state index contributed by atoms with van der Waals surface area (Å²) >= 11 is 13.1. The first kappa shape index (κ1) is 12.7. The minimum atomic E-state index is -0.351. The van der Waals surface area contributed by atoms with E-state index in [9.17, 15) is 4.39 Å². The molecule has 0 amide bonds. The summed E-state index contributed by atoms with van der Waals surface area (Å²) in [6.07, 6.45) is 0. The van der Waals surface area contributed by atoms with Crippen molar-refractivity contribution in [2.75, 3.05) is 5.32 Å². The zero-order valence-corrected chi connectivity index (χ0v) is 11.3. The Balaban J connectivity index is 2.15. The zero-order chi connectivity index (χ0) is 12.4. The lowest BCUT2D eigenvalue weighted by Gasteiger charge is -2.14. The summed E-state index contributed by atoms with van der Waals surface area (Å²) in [5, 5.41) is 5.53. The number of hydrogen-bond donors (Lipinski definition) is 1. The van der Waals surface area contributed by atoms with Gasteiger partial charge >= 0.3 is 0 Å². The Morgan fingerprint density at radius 2 is 2.00 bits per heavy atom. The Labute approximate surface area is 113 Å². The number of nitrogens with one attached hydrogen (secondary N) is 1. The summed E-state index contributed by atoms with van der Waals surface area (Å²) in [5.74, 6) is -0.351. The topological polar surface area (TPSA) is 12.0 Å². The average Bonchev–Trinajstić information content (AvgIpc) is 2.63.